The van der Waals surface area contributed by atoms with Gasteiger partial charge in [0.05, 0.1) is 6.42 Å². The zero-order valence-corrected chi connectivity index (χ0v) is 12.8. The zero-order valence-electron chi connectivity index (χ0n) is 12.0. The van der Waals surface area contributed by atoms with Crippen LogP contribution in [-0.2, 0) is 17.8 Å². The fourth-order valence-electron chi connectivity index (χ4n) is 2.08. The highest BCUT2D eigenvalue weighted by Gasteiger charge is 2.04. The molecule has 0 amide bonds. The Hall–Kier alpha value is -2.00. The van der Waals surface area contributed by atoms with E-state index in [9.17, 15) is 4.79 Å². The van der Waals surface area contributed by atoms with Crippen LogP contribution in [0.5, 0.6) is 5.75 Å². The molecule has 0 aliphatic heterocycles. The lowest BCUT2D eigenvalue weighted by Crippen LogP contribution is -2.01. The Morgan fingerprint density at radius 3 is 2.14 bits per heavy atom. The first kappa shape index (κ1) is 15.4. The first-order valence-corrected chi connectivity index (χ1v) is 7.02. The zero-order chi connectivity index (χ0) is 15.4. The molecular weight excluding hydrogens is 288 g/mol. The fourth-order valence-corrected chi connectivity index (χ4v) is 2.19. The van der Waals surface area contributed by atoms with Gasteiger partial charge in [0.15, 0.2) is 0 Å². The van der Waals surface area contributed by atoms with Crippen molar-refractivity contribution in [2.24, 2.45) is 0 Å². The minimum absolute atomic E-state index is 0.0384. The van der Waals surface area contributed by atoms with Crippen molar-refractivity contribution in [1.29, 1.82) is 0 Å². The van der Waals surface area contributed by atoms with Crippen LogP contribution in [0.3, 0.4) is 0 Å². The molecule has 0 aliphatic carbocycles. The third-order valence-electron chi connectivity index (χ3n) is 3.19. The van der Waals surface area contributed by atoms with Crippen molar-refractivity contribution < 1.29 is 14.6 Å². The molecule has 2 aromatic rings. The highest BCUT2D eigenvalue weighted by atomic mass is 35.5. The van der Waals surface area contributed by atoms with E-state index in [2.05, 4.69) is 0 Å². The van der Waals surface area contributed by atoms with Gasteiger partial charge in [-0.3, -0.25) is 4.79 Å². The van der Waals surface area contributed by atoms with Gasteiger partial charge in [0.1, 0.15) is 12.4 Å². The highest BCUT2D eigenvalue weighted by Crippen LogP contribution is 2.26. The second kappa shape index (κ2) is 6.64. The van der Waals surface area contributed by atoms with E-state index < -0.39 is 5.97 Å². The Kier molecular flexibility index (Phi) is 4.86. The predicted octanol–water partition coefficient (Wildman–Crippen LogP) is 4.16. The Morgan fingerprint density at radius 2 is 1.62 bits per heavy atom. The maximum Gasteiger partial charge on any atom is 0.307 e. The molecule has 0 aromatic heterocycles. The molecule has 0 atom stereocenters. The summed E-state index contributed by atoms with van der Waals surface area (Å²) in [6.07, 6.45) is 0.0384. The van der Waals surface area contributed by atoms with Crippen LogP contribution in [0.15, 0.2) is 36.4 Å². The van der Waals surface area contributed by atoms with Crippen molar-refractivity contribution >= 4 is 17.6 Å². The van der Waals surface area contributed by atoms with Crippen LogP contribution in [0.1, 0.15) is 22.3 Å². The maximum atomic E-state index is 10.6. The number of hydrogen-bond donors (Lipinski definition) is 1. The van der Waals surface area contributed by atoms with E-state index in [0.717, 1.165) is 33.0 Å². The van der Waals surface area contributed by atoms with E-state index in [1.807, 2.05) is 50.2 Å². The largest absolute Gasteiger partial charge is 0.489 e. The van der Waals surface area contributed by atoms with E-state index >= 15 is 0 Å². The minimum atomic E-state index is -0.828. The smallest absolute Gasteiger partial charge is 0.307 e. The van der Waals surface area contributed by atoms with Crippen molar-refractivity contribution in [3.05, 3.63) is 63.7 Å². The standard InChI is InChI=1S/C17H17ClO3/c1-11-7-15(8-12(2)17(11)18)21-10-14-5-3-13(4-6-14)9-16(19)20/h3-8H,9-10H2,1-2H3,(H,19,20). The number of carboxylic acids is 1. The first-order valence-electron chi connectivity index (χ1n) is 6.65. The van der Waals surface area contributed by atoms with Crippen LogP contribution >= 0.6 is 11.6 Å². The average Bonchev–Trinajstić information content (AvgIpc) is 2.43. The predicted molar refractivity (Wildman–Crippen MR) is 83.0 cm³/mol. The summed E-state index contributed by atoms with van der Waals surface area (Å²) >= 11 is 6.12. The van der Waals surface area contributed by atoms with E-state index in [1.54, 1.807) is 0 Å². The van der Waals surface area contributed by atoms with Gasteiger partial charge in [0.25, 0.3) is 0 Å². The summed E-state index contributed by atoms with van der Waals surface area (Å²) in [4.78, 5) is 10.6. The highest BCUT2D eigenvalue weighted by molar-refractivity contribution is 6.32. The van der Waals surface area contributed by atoms with E-state index in [-0.39, 0.29) is 6.42 Å². The second-order valence-electron chi connectivity index (χ2n) is 5.05. The monoisotopic (exact) mass is 304 g/mol. The number of ether oxygens (including phenoxy) is 1. The molecule has 2 rings (SSSR count). The number of carbonyl (C=O) groups is 1. The quantitative estimate of drug-likeness (QED) is 0.902. The molecule has 110 valence electrons. The first-order chi connectivity index (χ1) is 9.95. The topological polar surface area (TPSA) is 46.5 Å². The Bertz CT molecular complexity index is 625. The molecule has 2 aromatic carbocycles. The third kappa shape index (κ3) is 4.23. The van der Waals surface area contributed by atoms with Gasteiger partial charge in [-0.15, -0.1) is 0 Å². The SMILES string of the molecule is Cc1cc(OCc2ccc(CC(=O)O)cc2)cc(C)c1Cl. The average molecular weight is 305 g/mol. The van der Waals surface area contributed by atoms with E-state index in [4.69, 9.17) is 21.4 Å². The molecule has 0 aliphatic rings. The molecule has 0 unspecified atom stereocenters. The van der Waals surface area contributed by atoms with Crippen LogP contribution in [0.25, 0.3) is 0 Å². The summed E-state index contributed by atoms with van der Waals surface area (Å²) in [5.41, 5.74) is 3.76. The number of carboxylic acid groups (broad SMARTS) is 1. The summed E-state index contributed by atoms with van der Waals surface area (Å²) in [7, 11) is 0. The van der Waals surface area contributed by atoms with Gasteiger partial charge in [-0.05, 0) is 48.2 Å². The molecule has 0 heterocycles. The number of aliphatic carboxylic acids is 1. The lowest BCUT2D eigenvalue weighted by atomic mass is 10.1. The summed E-state index contributed by atoms with van der Waals surface area (Å²) in [5, 5.41) is 9.49. The van der Waals surface area contributed by atoms with Crippen LogP contribution in [0.4, 0.5) is 0 Å². The number of hydrogen-bond acceptors (Lipinski definition) is 2. The van der Waals surface area contributed by atoms with Gasteiger partial charge in [0, 0.05) is 5.02 Å². The molecule has 0 spiro atoms. The lowest BCUT2D eigenvalue weighted by molar-refractivity contribution is -0.136. The van der Waals surface area contributed by atoms with Crippen molar-refractivity contribution in [1.82, 2.24) is 0 Å². The van der Waals surface area contributed by atoms with E-state index in [0.29, 0.717) is 6.61 Å². The number of aryl methyl sites for hydroxylation is 2. The number of halogens is 1. The summed E-state index contributed by atoms with van der Waals surface area (Å²) in [6.45, 7) is 4.33. The van der Waals surface area contributed by atoms with Gasteiger partial charge in [-0.1, -0.05) is 35.9 Å². The fraction of sp³-hybridized carbons (Fsp3) is 0.235. The molecule has 0 bridgehead atoms. The Balaban J connectivity index is 2.01. The molecular formula is C17H17ClO3. The minimum Gasteiger partial charge on any atom is -0.489 e. The molecule has 1 N–H and O–H groups in total. The Labute approximate surface area is 129 Å². The van der Waals surface area contributed by atoms with Crippen LogP contribution in [0, 0.1) is 13.8 Å². The van der Waals surface area contributed by atoms with Crippen molar-refractivity contribution in [2.75, 3.05) is 0 Å². The van der Waals surface area contributed by atoms with Crippen LogP contribution in [0.2, 0.25) is 5.02 Å². The summed E-state index contributed by atoms with van der Waals surface area (Å²) < 4.78 is 5.75. The van der Waals surface area contributed by atoms with Crippen LogP contribution < -0.4 is 4.74 Å². The second-order valence-corrected chi connectivity index (χ2v) is 5.42. The van der Waals surface area contributed by atoms with E-state index in [1.165, 1.54) is 0 Å². The number of rotatable bonds is 5. The van der Waals surface area contributed by atoms with Gasteiger partial charge >= 0.3 is 5.97 Å². The van der Waals surface area contributed by atoms with Gasteiger partial charge in [-0.2, -0.15) is 0 Å². The maximum absolute atomic E-state index is 10.6. The summed E-state index contributed by atoms with van der Waals surface area (Å²) in [5.74, 6) is -0.0462. The van der Waals surface area contributed by atoms with Crippen molar-refractivity contribution in [3.63, 3.8) is 0 Å². The van der Waals surface area contributed by atoms with Crippen LogP contribution in [-0.4, -0.2) is 11.1 Å². The van der Waals surface area contributed by atoms with Crippen molar-refractivity contribution in [3.8, 4) is 5.75 Å². The normalized spacial score (nSPS) is 10.4. The Morgan fingerprint density at radius 1 is 1.10 bits per heavy atom. The van der Waals surface area contributed by atoms with Gasteiger partial charge in [0.2, 0.25) is 0 Å². The van der Waals surface area contributed by atoms with Gasteiger partial charge < -0.3 is 9.84 Å². The molecule has 0 fully saturated rings. The van der Waals surface area contributed by atoms with Gasteiger partial charge in [-0.25, -0.2) is 0 Å². The third-order valence-corrected chi connectivity index (χ3v) is 3.79. The summed E-state index contributed by atoms with van der Waals surface area (Å²) in [6, 6.07) is 11.2. The lowest BCUT2D eigenvalue weighted by Gasteiger charge is -2.10. The molecule has 0 radical (unpaired) electrons. The molecule has 4 heteroatoms. The van der Waals surface area contributed by atoms with Crippen molar-refractivity contribution in [2.45, 2.75) is 26.9 Å². The molecule has 0 saturated carbocycles. The molecule has 21 heavy (non-hydrogen) atoms. The molecule has 0 saturated heterocycles. The number of benzene rings is 2. The molecule has 3 nitrogen and oxygen atoms in total.